The normalized spacial score (nSPS) is 11.1. The summed E-state index contributed by atoms with van der Waals surface area (Å²) in [6, 6.07) is 7.71. The third kappa shape index (κ3) is 3.78. The van der Waals surface area contributed by atoms with Crippen LogP contribution in [0.15, 0.2) is 36.8 Å². The zero-order valence-corrected chi connectivity index (χ0v) is 17.0. The lowest BCUT2D eigenvalue weighted by Gasteiger charge is -2.20. The zero-order valence-electron chi connectivity index (χ0n) is 17.0. The van der Waals surface area contributed by atoms with Crippen molar-refractivity contribution in [1.82, 2.24) is 19.4 Å². The van der Waals surface area contributed by atoms with Gasteiger partial charge in [-0.25, -0.2) is 9.97 Å². The average molecular weight is 382 g/mol. The first-order valence-corrected chi connectivity index (χ1v) is 9.33. The molecule has 7 nitrogen and oxygen atoms in total. The van der Waals surface area contributed by atoms with Gasteiger partial charge in [0.25, 0.3) is 5.91 Å². The molecule has 1 aromatic carbocycles. The Labute approximate surface area is 164 Å². The number of benzene rings is 1. The SMILES string of the molecule is CCOc1c(CN(C)C(=O)c2cnc3c(c2)ncn3C(C)C)cccc1OC. The number of imidazole rings is 1. The van der Waals surface area contributed by atoms with Crippen LogP contribution in [0.3, 0.4) is 0 Å². The first-order chi connectivity index (χ1) is 13.5. The number of rotatable bonds is 7. The molecule has 2 aromatic heterocycles. The van der Waals surface area contributed by atoms with E-state index in [1.807, 2.05) is 29.7 Å². The van der Waals surface area contributed by atoms with Gasteiger partial charge in [-0.05, 0) is 32.9 Å². The largest absolute Gasteiger partial charge is 0.493 e. The smallest absolute Gasteiger partial charge is 0.255 e. The highest BCUT2D eigenvalue weighted by molar-refractivity contribution is 5.96. The molecule has 0 aliphatic rings. The van der Waals surface area contributed by atoms with Gasteiger partial charge in [0.15, 0.2) is 17.1 Å². The van der Waals surface area contributed by atoms with Crippen LogP contribution in [0.5, 0.6) is 11.5 Å². The van der Waals surface area contributed by atoms with Gasteiger partial charge in [-0.1, -0.05) is 12.1 Å². The van der Waals surface area contributed by atoms with Crippen molar-refractivity contribution in [3.63, 3.8) is 0 Å². The first-order valence-electron chi connectivity index (χ1n) is 9.33. The van der Waals surface area contributed by atoms with Gasteiger partial charge in [-0.15, -0.1) is 0 Å². The molecule has 0 unspecified atom stereocenters. The van der Waals surface area contributed by atoms with Crippen LogP contribution in [-0.4, -0.2) is 46.1 Å². The number of hydrogen-bond donors (Lipinski definition) is 0. The van der Waals surface area contributed by atoms with Gasteiger partial charge in [-0.2, -0.15) is 0 Å². The molecule has 0 fully saturated rings. The second kappa shape index (κ2) is 8.29. The molecule has 0 saturated heterocycles. The number of hydrogen-bond acceptors (Lipinski definition) is 5. The molecule has 1 amide bonds. The Morgan fingerprint density at radius 3 is 2.75 bits per heavy atom. The summed E-state index contributed by atoms with van der Waals surface area (Å²) in [5, 5.41) is 0. The fraction of sp³-hybridized carbons (Fsp3) is 0.381. The van der Waals surface area contributed by atoms with Crippen molar-refractivity contribution >= 4 is 17.1 Å². The Hall–Kier alpha value is -3.09. The summed E-state index contributed by atoms with van der Waals surface area (Å²) in [5.41, 5.74) is 2.88. The molecule has 0 radical (unpaired) electrons. The van der Waals surface area contributed by atoms with Gasteiger partial charge < -0.3 is 18.9 Å². The molecule has 2 heterocycles. The van der Waals surface area contributed by atoms with Crippen LogP contribution in [0.25, 0.3) is 11.2 Å². The summed E-state index contributed by atoms with van der Waals surface area (Å²) in [4.78, 5) is 23.4. The van der Waals surface area contributed by atoms with Crippen molar-refractivity contribution < 1.29 is 14.3 Å². The number of pyridine rings is 1. The molecule has 3 aromatic rings. The van der Waals surface area contributed by atoms with Crippen molar-refractivity contribution in [2.45, 2.75) is 33.4 Å². The van der Waals surface area contributed by atoms with Crippen LogP contribution in [0.4, 0.5) is 0 Å². The Balaban J connectivity index is 1.84. The third-order valence-electron chi connectivity index (χ3n) is 4.54. The van der Waals surface area contributed by atoms with E-state index < -0.39 is 0 Å². The molecular weight excluding hydrogens is 356 g/mol. The number of methoxy groups -OCH3 is 1. The van der Waals surface area contributed by atoms with Crippen LogP contribution in [0.2, 0.25) is 0 Å². The predicted octanol–water partition coefficient (Wildman–Crippen LogP) is 3.69. The van der Waals surface area contributed by atoms with E-state index in [1.54, 1.807) is 37.6 Å². The van der Waals surface area contributed by atoms with E-state index in [0.29, 0.717) is 35.7 Å². The monoisotopic (exact) mass is 382 g/mol. The predicted molar refractivity (Wildman–Crippen MR) is 108 cm³/mol. The number of fused-ring (bicyclic) bond motifs is 1. The van der Waals surface area contributed by atoms with Gasteiger partial charge in [-0.3, -0.25) is 4.79 Å². The van der Waals surface area contributed by atoms with Crippen LogP contribution >= 0.6 is 0 Å². The average Bonchev–Trinajstić information content (AvgIpc) is 3.12. The van der Waals surface area contributed by atoms with E-state index in [0.717, 1.165) is 11.2 Å². The Morgan fingerprint density at radius 2 is 2.07 bits per heavy atom. The van der Waals surface area contributed by atoms with Crippen LogP contribution in [0.1, 0.15) is 42.7 Å². The highest BCUT2D eigenvalue weighted by atomic mass is 16.5. The maximum Gasteiger partial charge on any atom is 0.255 e. The topological polar surface area (TPSA) is 69.5 Å². The fourth-order valence-electron chi connectivity index (χ4n) is 3.12. The number of carbonyl (C=O) groups is 1. The highest BCUT2D eigenvalue weighted by Crippen LogP contribution is 2.32. The minimum absolute atomic E-state index is 0.126. The fourth-order valence-corrected chi connectivity index (χ4v) is 3.12. The third-order valence-corrected chi connectivity index (χ3v) is 4.54. The lowest BCUT2D eigenvalue weighted by atomic mass is 10.1. The lowest BCUT2D eigenvalue weighted by molar-refractivity contribution is 0.0783. The summed E-state index contributed by atoms with van der Waals surface area (Å²) in [6.45, 7) is 6.97. The number of amides is 1. The molecule has 3 rings (SSSR count). The van der Waals surface area contributed by atoms with Crippen molar-refractivity contribution in [1.29, 1.82) is 0 Å². The number of para-hydroxylation sites is 1. The van der Waals surface area contributed by atoms with Crippen LogP contribution in [0, 0.1) is 0 Å². The molecular formula is C21H26N4O3. The number of ether oxygens (including phenoxy) is 2. The minimum Gasteiger partial charge on any atom is -0.493 e. The molecule has 0 atom stereocenters. The highest BCUT2D eigenvalue weighted by Gasteiger charge is 2.18. The van der Waals surface area contributed by atoms with E-state index in [-0.39, 0.29) is 11.9 Å². The number of nitrogens with zero attached hydrogens (tertiary/aromatic N) is 4. The molecule has 7 heteroatoms. The quantitative estimate of drug-likeness (QED) is 0.623. The Morgan fingerprint density at radius 1 is 1.29 bits per heavy atom. The van der Waals surface area contributed by atoms with Crippen LogP contribution in [-0.2, 0) is 6.54 Å². The minimum atomic E-state index is -0.126. The molecule has 0 aliphatic heterocycles. The van der Waals surface area contributed by atoms with Gasteiger partial charge in [0, 0.05) is 31.4 Å². The molecule has 0 aliphatic carbocycles. The van der Waals surface area contributed by atoms with E-state index in [4.69, 9.17) is 9.47 Å². The second-order valence-electron chi connectivity index (χ2n) is 6.86. The molecule has 0 bridgehead atoms. The van der Waals surface area contributed by atoms with E-state index in [9.17, 15) is 4.79 Å². The maximum atomic E-state index is 12.9. The Bertz CT molecular complexity index is 981. The molecule has 0 saturated carbocycles. The molecule has 0 spiro atoms. The van der Waals surface area contributed by atoms with Gasteiger partial charge in [0.05, 0.1) is 25.6 Å². The van der Waals surface area contributed by atoms with E-state index in [1.165, 1.54) is 0 Å². The summed E-state index contributed by atoms with van der Waals surface area (Å²) < 4.78 is 13.1. The zero-order chi connectivity index (χ0) is 20.3. The Kier molecular flexibility index (Phi) is 5.82. The lowest BCUT2D eigenvalue weighted by Crippen LogP contribution is -2.26. The maximum absolute atomic E-state index is 12.9. The van der Waals surface area contributed by atoms with E-state index >= 15 is 0 Å². The number of aromatic nitrogens is 3. The standard InChI is InChI=1S/C21H26N4O3/c1-6-28-19-15(8-7-9-18(19)27-5)12-24(4)21(26)16-10-17-20(22-11-16)25(13-23-17)14(2)3/h7-11,13-14H,6,12H2,1-5H3. The summed E-state index contributed by atoms with van der Waals surface area (Å²) in [5.74, 6) is 1.19. The first kappa shape index (κ1) is 19.7. The number of carbonyl (C=O) groups excluding carboxylic acids is 1. The van der Waals surface area contributed by atoms with Crippen molar-refractivity contribution in [2.75, 3.05) is 20.8 Å². The molecule has 148 valence electrons. The summed E-state index contributed by atoms with van der Waals surface area (Å²) >= 11 is 0. The molecule has 0 N–H and O–H groups in total. The second-order valence-corrected chi connectivity index (χ2v) is 6.86. The van der Waals surface area contributed by atoms with Crippen molar-refractivity contribution in [2.24, 2.45) is 0 Å². The molecule has 28 heavy (non-hydrogen) atoms. The van der Waals surface area contributed by atoms with Crippen LogP contribution < -0.4 is 9.47 Å². The van der Waals surface area contributed by atoms with Gasteiger partial charge in [0.2, 0.25) is 0 Å². The van der Waals surface area contributed by atoms with Gasteiger partial charge >= 0.3 is 0 Å². The summed E-state index contributed by atoms with van der Waals surface area (Å²) in [6.07, 6.45) is 3.36. The van der Waals surface area contributed by atoms with Crippen molar-refractivity contribution in [3.05, 3.63) is 47.9 Å². The van der Waals surface area contributed by atoms with Gasteiger partial charge in [0.1, 0.15) is 5.52 Å². The van der Waals surface area contributed by atoms with Crippen molar-refractivity contribution in [3.8, 4) is 11.5 Å². The van der Waals surface area contributed by atoms with E-state index in [2.05, 4.69) is 23.8 Å². The summed E-state index contributed by atoms with van der Waals surface area (Å²) in [7, 11) is 3.36.